The first kappa shape index (κ1) is 21.2. The van der Waals surface area contributed by atoms with Gasteiger partial charge >= 0.3 is 0 Å². The lowest BCUT2D eigenvalue weighted by Crippen LogP contribution is -2.37. The summed E-state index contributed by atoms with van der Waals surface area (Å²) in [6.07, 6.45) is 0.661. The van der Waals surface area contributed by atoms with Gasteiger partial charge < -0.3 is 9.64 Å². The molecule has 0 radical (unpaired) electrons. The van der Waals surface area contributed by atoms with Gasteiger partial charge in [-0.3, -0.25) is 4.79 Å². The Morgan fingerprint density at radius 1 is 0.939 bits per heavy atom. The summed E-state index contributed by atoms with van der Waals surface area (Å²) in [4.78, 5) is 24.9. The number of amides is 1. The van der Waals surface area contributed by atoms with Crippen molar-refractivity contribution in [3.8, 4) is 28.4 Å². The molecule has 5 rings (SSSR count). The Morgan fingerprint density at radius 3 is 2.48 bits per heavy atom. The molecule has 0 atom stereocenters. The molecule has 0 N–H and O–H groups in total. The molecule has 1 aliphatic rings. The summed E-state index contributed by atoms with van der Waals surface area (Å²) < 4.78 is 5.29. The molecule has 0 unspecified atom stereocenters. The number of ether oxygens (including phenoxy) is 1. The monoisotopic (exact) mass is 455 g/mol. The van der Waals surface area contributed by atoms with E-state index in [2.05, 4.69) is 0 Å². The van der Waals surface area contributed by atoms with Crippen molar-refractivity contribution in [3.05, 3.63) is 101 Å². The minimum absolute atomic E-state index is 0.0336. The zero-order valence-electron chi connectivity index (χ0n) is 18.2. The van der Waals surface area contributed by atoms with Gasteiger partial charge in [-0.1, -0.05) is 60.1 Å². The maximum atomic E-state index is 13.3. The molecule has 3 aromatic carbocycles. The fourth-order valence-corrected chi connectivity index (χ4v) is 4.21. The fraction of sp³-hybridized carbons (Fsp3) is 0.148. The molecule has 1 aromatic heterocycles. The van der Waals surface area contributed by atoms with Crippen molar-refractivity contribution in [2.24, 2.45) is 0 Å². The van der Waals surface area contributed by atoms with Crippen LogP contribution in [0.4, 0.5) is 0 Å². The molecule has 0 fully saturated rings. The maximum absolute atomic E-state index is 13.3. The van der Waals surface area contributed by atoms with Gasteiger partial charge in [-0.15, -0.1) is 0 Å². The molecule has 2 heterocycles. The second kappa shape index (κ2) is 9.04. The molecule has 0 saturated carbocycles. The van der Waals surface area contributed by atoms with Crippen molar-refractivity contribution in [2.75, 3.05) is 13.7 Å². The van der Waals surface area contributed by atoms with Gasteiger partial charge in [0.1, 0.15) is 5.75 Å². The Hall–Kier alpha value is -3.70. The number of methoxy groups -OCH3 is 1. The van der Waals surface area contributed by atoms with E-state index in [-0.39, 0.29) is 5.91 Å². The van der Waals surface area contributed by atoms with Crippen LogP contribution in [0.5, 0.6) is 5.75 Å². The smallest absolute Gasteiger partial charge is 0.254 e. The Kier molecular flexibility index (Phi) is 5.80. The Labute approximate surface area is 197 Å². The SMILES string of the molecule is COc1cccc(C(=O)N2CCc3nc(-c4ccccc4)nc(-c4ccc(Cl)cc4)c3C2)c1. The third kappa shape index (κ3) is 4.32. The zero-order valence-corrected chi connectivity index (χ0v) is 18.9. The molecule has 6 heteroatoms. The predicted octanol–water partition coefficient (Wildman–Crippen LogP) is 5.67. The van der Waals surface area contributed by atoms with E-state index >= 15 is 0 Å². The standard InChI is InChI=1S/C27H22ClN3O2/c1-33-22-9-5-8-20(16-22)27(32)31-15-14-24-23(17-31)25(18-10-12-21(28)13-11-18)30-26(29-24)19-6-3-2-4-7-19/h2-13,16H,14-15,17H2,1H3. The lowest BCUT2D eigenvalue weighted by molar-refractivity contribution is 0.0733. The molecular weight excluding hydrogens is 434 g/mol. The van der Waals surface area contributed by atoms with E-state index in [1.807, 2.05) is 77.7 Å². The van der Waals surface area contributed by atoms with Crippen LogP contribution in [-0.4, -0.2) is 34.4 Å². The number of rotatable bonds is 4. The molecule has 0 saturated heterocycles. The summed E-state index contributed by atoms with van der Waals surface area (Å²) in [6, 6.07) is 24.8. The lowest BCUT2D eigenvalue weighted by Gasteiger charge is -2.30. The first-order valence-corrected chi connectivity index (χ1v) is 11.1. The highest BCUT2D eigenvalue weighted by atomic mass is 35.5. The summed E-state index contributed by atoms with van der Waals surface area (Å²) in [5.74, 6) is 1.32. The number of carbonyl (C=O) groups excluding carboxylic acids is 1. The van der Waals surface area contributed by atoms with Crippen LogP contribution in [0.1, 0.15) is 21.6 Å². The molecular formula is C27H22ClN3O2. The minimum Gasteiger partial charge on any atom is -0.497 e. The van der Waals surface area contributed by atoms with Gasteiger partial charge in [-0.2, -0.15) is 0 Å². The molecule has 164 valence electrons. The number of carbonyl (C=O) groups is 1. The third-order valence-electron chi connectivity index (χ3n) is 5.81. The van der Waals surface area contributed by atoms with Crippen molar-refractivity contribution in [2.45, 2.75) is 13.0 Å². The van der Waals surface area contributed by atoms with Gasteiger partial charge in [0, 0.05) is 46.8 Å². The summed E-state index contributed by atoms with van der Waals surface area (Å²) >= 11 is 6.13. The molecule has 1 amide bonds. The number of hydrogen-bond acceptors (Lipinski definition) is 4. The van der Waals surface area contributed by atoms with E-state index < -0.39 is 0 Å². The first-order valence-electron chi connectivity index (χ1n) is 10.8. The van der Waals surface area contributed by atoms with E-state index in [1.54, 1.807) is 13.2 Å². The number of aromatic nitrogens is 2. The third-order valence-corrected chi connectivity index (χ3v) is 6.07. The largest absolute Gasteiger partial charge is 0.497 e. The van der Waals surface area contributed by atoms with E-state index in [4.69, 9.17) is 26.3 Å². The molecule has 5 nitrogen and oxygen atoms in total. The van der Waals surface area contributed by atoms with Crippen LogP contribution in [0.2, 0.25) is 5.02 Å². The van der Waals surface area contributed by atoms with Gasteiger partial charge in [0.25, 0.3) is 5.91 Å². The van der Waals surface area contributed by atoms with Crippen LogP contribution in [-0.2, 0) is 13.0 Å². The normalized spacial score (nSPS) is 12.8. The summed E-state index contributed by atoms with van der Waals surface area (Å²) in [7, 11) is 1.60. The van der Waals surface area contributed by atoms with E-state index in [0.29, 0.717) is 41.7 Å². The highest BCUT2D eigenvalue weighted by Gasteiger charge is 2.27. The van der Waals surface area contributed by atoms with Crippen molar-refractivity contribution >= 4 is 17.5 Å². The Balaban J connectivity index is 1.56. The Morgan fingerprint density at radius 2 is 1.73 bits per heavy atom. The second-order valence-corrected chi connectivity index (χ2v) is 8.34. The number of benzene rings is 3. The predicted molar refractivity (Wildman–Crippen MR) is 129 cm³/mol. The first-order chi connectivity index (χ1) is 16.1. The van der Waals surface area contributed by atoms with Gasteiger partial charge in [0.15, 0.2) is 5.82 Å². The van der Waals surface area contributed by atoms with Crippen molar-refractivity contribution in [1.29, 1.82) is 0 Å². The maximum Gasteiger partial charge on any atom is 0.254 e. The van der Waals surface area contributed by atoms with E-state index in [1.165, 1.54) is 0 Å². The van der Waals surface area contributed by atoms with Crippen LogP contribution in [0.3, 0.4) is 0 Å². The Bertz CT molecular complexity index is 1310. The van der Waals surface area contributed by atoms with Crippen molar-refractivity contribution < 1.29 is 9.53 Å². The molecule has 33 heavy (non-hydrogen) atoms. The van der Waals surface area contributed by atoms with Crippen molar-refractivity contribution in [3.63, 3.8) is 0 Å². The average molecular weight is 456 g/mol. The summed E-state index contributed by atoms with van der Waals surface area (Å²) in [5, 5.41) is 0.666. The van der Waals surface area contributed by atoms with Crippen LogP contribution in [0, 0.1) is 0 Å². The minimum atomic E-state index is -0.0336. The summed E-state index contributed by atoms with van der Waals surface area (Å²) in [6.45, 7) is 1.03. The number of hydrogen-bond donors (Lipinski definition) is 0. The average Bonchev–Trinajstić information content (AvgIpc) is 2.88. The van der Waals surface area contributed by atoms with Gasteiger partial charge in [-0.25, -0.2) is 9.97 Å². The van der Waals surface area contributed by atoms with Crippen LogP contribution >= 0.6 is 11.6 Å². The summed E-state index contributed by atoms with van der Waals surface area (Å²) in [5.41, 5.74) is 5.30. The lowest BCUT2D eigenvalue weighted by atomic mass is 9.98. The van der Waals surface area contributed by atoms with Crippen molar-refractivity contribution in [1.82, 2.24) is 14.9 Å². The molecule has 4 aromatic rings. The van der Waals surface area contributed by atoms with Crippen LogP contribution in [0.25, 0.3) is 22.6 Å². The molecule has 0 bridgehead atoms. The second-order valence-electron chi connectivity index (χ2n) is 7.90. The number of halogens is 1. The van der Waals surface area contributed by atoms with Gasteiger partial charge in [-0.05, 0) is 30.3 Å². The molecule has 0 spiro atoms. The number of fused-ring (bicyclic) bond motifs is 1. The topological polar surface area (TPSA) is 55.3 Å². The fourth-order valence-electron chi connectivity index (χ4n) is 4.09. The molecule has 1 aliphatic heterocycles. The zero-order chi connectivity index (χ0) is 22.8. The number of nitrogens with zero attached hydrogens (tertiary/aromatic N) is 3. The van der Waals surface area contributed by atoms with Gasteiger partial charge in [0.05, 0.1) is 18.5 Å². The van der Waals surface area contributed by atoms with Crippen LogP contribution < -0.4 is 4.74 Å². The molecule has 0 aliphatic carbocycles. The van der Waals surface area contributed by atoms with E-state index in [9.17, 15) is 4.79 Å². The highest BCUT2D eigenvalue weighted by Crippen LogP contribution is 2.32. The van der Waals surface area contributed by atoms with E-state index in [0.717, 1.165) is 28.1 Å². The van der Waals surface area contributed by atoms with Gasteiger partial charge in [0.2, 0.25) is 0 Å². The quantitative estimate of drug-likeness (QED) is 0.397. The highest BCUT2D eigenvalue weighted by molar-refractivity contribution is 6.30. The van der Waals surface area contributed by atoms with Crippen LogP contribution in [0.15, 0.2) is 78.9 Å².